The Morgan fingerprint density at radius 1 is 0.769 bits per heavy atom. The summed E-state index contributed by atoms with van der Waals surface area (Å²) in [6.07, 6.45) is 7.56. The summed E-state index contributed by atoms with van der Waals surface area (Å²) in [7, 11) is 0. The third-order valence-electron chi connectivity index (χ3n) is 6.80. The highest BCUT2D eigenvalue weighted by Crippen LogP contribution is 2.56. The van der Waals surface area contributed by atoms with E-state index < -0.39 is 0 Å². The van der Waals surface area contributed by atoms with Crippen LogP contribution in [-0.4, -0.2) is 36.7 Å². The molecule has 1 saturated heterocycles. The molecule has 2 heteroatoms. The van der Waals surface area contributed by atoms with Crippen LogP contribution in [-0.2, 0) is 4.74 Å². The number of hydrogen-bond acceptors (Lipinski definition) is 2. The van der Waals surface area contributed by atoms with E-state index in [1.165, 1.54) is 24.0 Å². The molecule has 1 saturated carbocycles. The average molecular weight is 345 g/mol. The summed E-state index contributed by atoms with van der Waals surface area (Å²) in [4.78, 5) is 2.70. The van der Waals surface area contributed by atoms with Gasteiger partial charge in [0.25, 0.3) is 0 Å². The van der Waals surface area contributed by atoms with Crippen molar-refractivity contribution in [1.82, 2.24) is 4.90 Å². The van der Waals surface area contributed by atoms with E-state index in [-0.39, 0.29) is 5.54 Å². The summed E-state index contributed by atoms with van der Waals surface area (Å²) in [5.74, 6) is 1.80. The number of allylic oxidation sites excluding steroid dienone is 1. The first-order chi connectivity index (χ1) is 12.9. The first kappa shape index (κ1) is 16.3. The molecule has 2 atom stereocenters. The topological polar surface area (TPSA) is 12.5 Å². The van der Waals surface area contributed by atoms with Gasteiger partial charge >= 0.3 is 0 Å². The maximum absolute atomic E-state index is 5.65. The lowest BCUT2D eigenvalue weighted by Crippen LogP contribution is -2.58. The first-order valence-electron chi connectivity index (χ1n) is 9.98. The smallest absolute Gasteiger partial charge is 0.0594 e. The Bertz CT molecular complexity index is 714. The molecule has 2 bridgehead atoms. The van der Waals surface area contributed by atoms with E-state index in [1.54, 1.807) is 0 Å². The molecule has 1 aliphatic heterocycles. The molecule has 6 rings (SSSR count). The van der Waals surface area contributed by atoms with Gasteiger partial charge in [-0.15, -0.1) is 0 Å². The summed E-state index contributed by atoms with van der Waals surface area (Å²) in [5.41, 5.74) is 3.18. The van der Waals surface area contributed by atoms with Crippen LogP contribution >= 0.6 is 0 Å². The van der Waals surface area contributed by atoms with Crippen molar-refractivity contribution in [3.05, 3.63) is 83.9 Å². The molecule has 0 amide bonds. The van der Waals surface area contributed by atoms with E-state index in [0.29, 0.717) is 17.8 Å². The molecule has 3 aliphatic carbocycles. The van der Waals surface area contributed by atoms with Gasteiger partial charge in [0, 0.05) is 18.6 Å². The molecule has 0 N–H and O–H groups in total. The van der Waals surface area contributed by atoms with Gasteiger partial charge in [-0.25, -0.2) is 0 Å². The molecule has 0 spiro atoms. The normalized spacial score (nSPS) is 34.1. The second-order valence-corrected chi connectivity index (χ2v) is 8.08. The molecule has 0 radical (unpaired) electrons. The zero-order valence-electron chi connectivity index (χ0n) is 15.3. The van der Waals surface area contributed by atoms with Gasteiger partial charge in [0.05, 0.1) is 13.2 Å². The van der Waals surface area contributed by atoms with Crippen molar-refractivity contribution in [2.75, 3.05) is 26.3 Å². The van der Waals surface area contributed by atoms with Crippen molar-refractivity contribution in [1.29, 1.82) is 0 Å². The van der Waals surface area contributed by atoms with E-state index in [1.807, 2.05) is 0 Å². The van der Waals surface area contributed by atoms with Crippen LogP contribution in [0.5, 0.6) is 0 Å². The largest absolute Gasteiger partial charge is 0.379 e. The van der Waals surface area contributed by atoms with E-state index >= 15 is 0 Å². The van der Waals surface area contributed by atoms with E-state index in [2.05, 4.69) is 77.7 Å². The number of fused-ring (bicyclic) bond motifs is 2. The number of ether oxygens (including phenoxy) is 1. The van der Waals surface area contributed by atoms with Gasteiger partial charge in [-0.2, -0.15) is 0 Å². The Labute approximate surface area is 156 Å². The van der Waals surface area contributed by atoms with E-state index in [9.17, 15) is 0 Å². The van der Waals surface area contributed by atoms with Crippen molar-refractivity contribution < 1.29 is 4.74 Å². The first-order valence-corrected chi connectivity index (χ1v) is 9.98. The molecule has 134 valence electrons. The highest BCUT2D eigenvalue weighted by molar-refractivity contribution is 5.37. The van der Waals surface area contributed by atoms with Crippen LogP contribution in [0, 0.1) is 5.92 Å². The second-order valence-electron chi connectivity index (χ2n) is 8.08. The predicted molar refractivity (Wildman–Crippen MR) is 105 cm³/mol. The standard InChI is InChI=1S/C24H27NO/c1-3-7-19(8-4-1)22-17-24(25-13-15-26-16-14-25)12-11-21(22)23(18-24)20-9-5-2-6-10-20/h1-12,21-23H,13-18H2. The minimum atomic E-state index is 0.180. The van der Waals surface area contributed by atoms with Crippen LogP contribution in [0.4, 0.5) is 0 Å². The maximum atomic E-state index is 5.65. The number of morpholine rings is 1. The average Bonchev–Trinajstić information content (AvgIpc) is 2.76. The number of hydrogen-bond donors (Lipinski definition) is 0. The fourth-order valence-corrected chi connectivity index (χ4v) is 5.55. The molecule has 2 nitrogen and oxygen atoms in total. The van der Waals surface area contributed by atoms with Gasteiger partial charge in [-0.05, 0) is 41.7 Å². The van der Waals surface area contributed by atoms with Gasteiger partial charge in [0.2, 0.25) is 0 Å². The van der Waals surface area contributed by atoms with Gasteiger partial charge in [0.15, 0.2) is 0 Å². The third kappa shape index (κ3) is 2.72. The number of nitrogens with zero attached hydrogens (tertiary/aromatic N) is 1. The summed E-state index contributed by atoms with van der Waals surface area (Å²) < 4.78 is 5.65. The van der Waals surface area contributed by atoms with E-state index in [4.69, 9.17) is 4.74 Å². The van der Waals surface area contributed by atoms with Gasteiger partial charge in [-0.3, -0.25) is 4.90 Å². The third-order valence-corrected chi connectivity index (χ3v) is 6.80. The summed E-state index contributed by atoms with van der Waals surface area (Å²) in [5, 5.41) is 0. The van der Waals surface area contributed by atoms with Crippen LogP contribution in [0.1, 0.15) is 35.8 Å². The summed E-state index contributed by atoms with van der Waals surface area (Å²) in [6.45, 7) is 3.84. The quantitative estimate of drug-likeness (QED) is 0.754. The fraction of sp³-hybridized carbons (Fsp3) is 0.417. The van der Waals surface area contributed by atoms with Crippen LogP contribution in [0.25, 0.3) is 0 Å². The minimum Gasteiger partial charge on any atom is -0.379 e. The monoisotopic (exact) mass is 345 g/mol. The van der Waals surface area contributed by atoms with Crippen molar-refractivity contribution in [2.45, 2.75) is 30.2 Å². The Morgan fingerprint density at radius 2 is 1.31 bits per heavy atom. The lowest BCUT2D eigenvalue weighted by atomic mass is 9.56. The van der Waals surface area contributed by atoms with Crippen LogP contribution in [0.2, 0.25) is 0 Å². The molecule has 4 aliphatic rings. The lowest BCUT2D eigenvalue weighted by Gasteiger charge is -2.56. The second kappa shape index (κ2) is 6.68. The predicted octanol–water partition coefficient (Wildman–Crippen LogP) is 4.60. The highest BCUT2D eigenvalue weighted by atomic mass is 16.5. The number of benzene rings is 2. The molecule has 2 aromatic carbocycles. The zero-order chi connectivity index (χ0) is 17.4. The Balaban J connectivity index is 1.56. The SMILES string of the molecule is C1=CC2(N3CCOCC3)CC(c3ccccc3)C1C(c1ccccc1)C2. The fourth-order valence-electron chi connectivity index (χ4n) is 5.55. The van der Waals surface area contributed by atoms with Crippen LogP contribution < -0.4 is 0 Å². The molecule has 2 aromatic rings. The highest BCUT2D eigenvalue weighted by Gasteiger charge is 2.51. The van der Waals surface area contributed by atoms with Gasteiger partial charge in [-0.1, -0.05) is 72.8 Å². The molecular weight excluding hydrogens is 318 g/mol. The Morgan fingerprint density at radius 3 is 1.85 bits per heavy atom. The van der Waals surface area contributed by atoms with Crippen molar-refractivity contribution in [3.8, 4) is 0 Å². The molecule has 2 unspecified atom stereocenters. The molecule has 2 fully saturated rings. The molecule has 0 aromatic heterocycles. The summed E-state index contributed by atoms with van der Waals surface area (Å²) in [6, 6.07) is 22.4. The van der Waals surface area contributed by atoms with Crippen molar-refractivity contribution >= 4 is 0 Å². The Kier molecular flexibility index (Phi) is 4.18. The zero-order valence-corrected chi connectivity index (χ0v) is 15.3. The molecule has 1 heterocycles. The van der Waals surface area contributed by atoms with Gasteiger partial charge < -0.3 is 4.74 Å². The van der Waals surface area contributed by atoms with Gasteiger partial charge in [0.1, 0.15) is 0 Å². The van der Waals surface area contributed by atoms with Crippen molar-refractivity contribution in [3.63, 3.8) is 0 Å². The molecule has 26 heavy (non-hydrogen) atoms. The van der Waals surface area contributed by atoms with E-state index in [0.717, 1.165) is 26.3 Å². The van der Waals surface area contributed by atoms with Crippen LogP contribution in [0.15, 0.2) is 72.8 Å². The lowest BCUT2D eigenvalue weighted by molar-refractivity contribution is -0.0336. The number of rotatable bonds is 3. The maximum Gasteiger partial charge on any atom is 0.0594 e. The van der Waals surface area contributed by atoms with Crippen molar-refractivity contribution in [2.24, 2.45) is 5.92 Å². The minimum absolute atomic E-state index is 0.180. The molecular formula is C24H27NO. The summed E-state index contributed by atoms with van der Waals surface area (Å²) >= 11 is 0. The Hall–Kier alpha value is -1.90. The van der Waals surface area contributed by atoms with Crippen LogP contribution in [0.3, 0.4) is 0 Å².